The van der Waals surface area contributed by atoms with Crippen LogP contribution in [0.3, 0.4) is 0 Å². The van der Waals surface area contributed by atoms with Crippen molar-refractivity contribution in [3.8, 4) is 0 Å². The summed E-state index contributed by atoms with van der Waals surface area (Å²) in [7, 11) is 0. The van der Waals surface area contributed by atoms with Gasteiger partial charge < -0.3 is 20.1 Å². The third kappa shape index (κ3) is 5.06. The maximum atomic E-state index is 12.2. The van der Waals surface area contributed by atoms with Crippen molar-refractivity contribution < 1.29 is 38.4 Å². The average molecular weight is 361 g/mol. The summed E-state index contributed by atoms with van der Waals surface area (Å²) in [6, 6.07) is 6.34. The Bertz CT molecular complexity index is 816. The molecule has 3 heterocycles. The van der Waals surface area contributed by atoms with Crippen LogP contribution in [0.25, 0.3) is 0 Å². The molecule has 3 amide bonds. The monoisotopic (exact) mass is 361 g/mol. The average Bonchev–Trinajstić information content (AvgIpc) is 3.01. The Morgan fingerprint density at radius 2 is 2.00 bits per heavy atom. The van der Waals surface area contributed by atoms with E-state index in [9.17, 15) is 19.5 Å². The maximum absolute atomic E-state index is 12.2. The van der Waals surface area contributed by atoms with Crippen LogP contribution in [0, 0.1) is 0 Å². The van der Waals surface area contributed by atoms with Gasteiger partial charge in [-0.2, -0.15) is 0 Å². The Kier molecular flexibility index (Phi) is 6.93. The summed E-state index contributed by atoms with van der Waals surface area (Å²) in [6.45, 7) is 0.507. The molecule has 0 unspecified atom stereocenters. The van der Waals surface area contributed by atoms with Crippen molar-refractivity contribution in [2.75, 3.05) is 24.5 Å². The van der Waals surface area contributed by atoms with Gasteiger partial charge in [0.05, 0.1) is 18.1 Å². The fraction of sp³-hybridized carbons (Fsp3) is 0.235. The van der Waals surface area contributed by atoms with Crippen molar-refractivity contribution in [1.29, 1.82) is 0 Å². The normalized spacial score (nSPS) is 13.3. The van der Waals surface area contributed by atoms with Gasteiger partial charge in [-0.1, -0.05) is 6.07 Å². The molecule has 10 heteroatoms. The molecule has 2 aromatic rings. The molecular weight excluding hydrogens is 345 g/mol. The Balaban J connectivity index is 0.00000261. The summed E-state index contributed by atoms with van der Waals surface area (Å²) in [5.41, 5.74) is 1.23. The van der Waals surface area contributed by atoms with E-state index in [0.29, 0.717) is 24.5 Å². The van der Waals surface area contributed by atoms with Gasteiger partial charge in [0, 0.05) is 38.2 Å². The van der Waals surface area contributed by atoms with Crippen molar-refractivity contribution in [2.45, 2.75) is 6.54 Å². The first kappa shape index (κ1) is 20.4. The molecule has 1 fully saturated rings. The number of carbonyl (C=O) groups excluding carboxylic acids is 3. The van der Waals surface area contributed by atoms with Crippen LogP contribution < -0.4 is 34.2 Å². The first-order valence-electron chi connectivity index (χ1n) is 7.94. The smallest absolute Gasteiger partial charge is 0.548 e. The number of carbonyl (C=O) groups is 3. The number of carboxylic acid groups (broad SMARTS) is 1. The first-order valence-corrected chi connectivity index (χ1v) is 7.94. The zero-order chi connectivity index (χ0) is 18.5. The van der Waals surface area contributed by atoms with E-state index in [2.05, 4.69) is 15.3 Å². The molecule has 1 aliphatic rings. The van der Waals surface area contributed by atoms with Gasteiger partial charge in [0.1, 0.15) is 5.82 Å². The van der Waals surface area contributed by atoms with Crippen LogP contribution in [0.15, 0.2) is 42.9 Å². The number of hydrogen-bond donors (Lipinski definition) is 1. The second-order valence-electron chi connectivity index (χ2n) is 5.68. The van der Waals surface area contributed by atoms with Crippen LogP contribution in [0.1, 0.15) is 15.9 Å². The summed E-state index contributed by atoms with van der Waals surface area (Å²) >= 11 is 0. The van der Waals surface area contributed by atoms with E-state index in [1.54, 1.807) is 36.7 Å². The standard InChI is InChI=1S/C17H17N5O4.Li/c23-15(24)11-21-6-7-22(17(21)26)14-4-3-12(8-19-14)9-20-16(25)13-2-1-5-18-10-13;/h1-5,8,10H,6-7,9,11H2,(H,20,25)(H,23,24);/q;+1/p-1. The van der Waals surface area contributed by atoms with Crippen molar-refractivity contribution >= 4 is 23.7 Å². The van der Waals surface area contributed by atoms with Crippen LogP contribution in [-0.4, -0.2) is 52.4 Å². The third-order valence-corrected chi connectivity index (χ3v) is 3.88. The minimum atomic E-state index is -1.30. The number of aromatic nitrogens is 2. The molecule has 2 aromatic heterocycles. The molecule has 3 rings (SSSR count). The number of anilines is 1. The van der Waals surface area contributed by atoms with Gasteiger partial charge in [0.25, 0.3) is 5.91 Å². The molecule has 0 radical (unpaired) electrons. The van der Waals surface area contributed by atoms with Crippen LogP contribution in [0.4, 0.5) is 10.6 Å². The molecule has 0 spiro atoms. The van der Waals surface area contributed by atoms with E-state index >= 15 is 0 Å². The van der Waals surface area contributed by atoms with E-state index in [-0.39, 0.29) is 31.3 Å². The molecular formula is C17H16LiN5O4. The molecule has 0 saturated carbocycles. The van der Waals surface area contributed by atoms with Crippen LogP contribution in [-0.2, 0) is 11.3 Å². The number of aliphatic carboxylic acids is 1. The maximum Gasteiger partial charge on any atom is 1.00 e. The summed E-state index contributed by atoms with van der Waals surface area (Å²) < 4.78 is 0. The number of nitrogens with one attached hydrogen (secondary N) is 1. The molecule has 134 valence electrons. The number of pyridine rings is 2. The molecule has 1 N–H and O–H groups in total. The second-order valence-corrected chi connectivity index (χ2v) is 5.68. The molecule has 0 aliphatic carbocycles. The van der Waals surface area contributed by atoms with Gasteiger partial charge in [-0.3, -0.25) is 14.7 Å². The van der Waals surface area contributed by atoms with Gasteiger partial charge in [0.2, 0.25) is 0 Å². The number of amides is 3. The van der Waals surface area contributed by atoms with Crippen LogP contribution in [0.5, 0.6) is 0 Å². The fourth-order valence-corrected chi connectivity index (χ4v) is 2.56. The molecule has 0 atom stereocenters. The van der Waals surface area contributed by atoms with Crippen molar-refractivity contribution in [2.24, 2.45) is 0 Å². The zero-order valence-electron chi connectivity index (χ0n) is 14.8. The van der Waals surface area contributed by atoms with E-state index in [4.69, 9.17) is 0 Å². The topological polar surface area (TPSA) is 119 Å². The summed E-state index contributed by atoms with van der Waals surface area (Å²) in [4.78, 5) is 45.5. The zero-order valence-corrected chi connectivity index (χ0v) is 14.8. The van der Waals surface area contributed by atoms with Gasteiger partial charge in [-0.05, 0) is 23.8 Å². The summed E-state index contributed by atoms with van der Waals surface area (Å²) in [5.74, 6) is -1.11. The summed E-state index contributed by atoms with van der Waals surface area (Å²) in [5, 5.41) is 13.4. The SMILES string of the molecule is O=C([O-])CN1CCN(c2ccc(CNC(=O)c3cccnc3)cn2)C1=O.[Li+]. The van der Waals surface area contributed by atoms with Gasteiger partial charge in [-0.15, -0.1) is 0 Å². The van der Waals surface area contributed by atoms with Gasteiger partial charge >= 0.3 is 24.9 Å². The predicted molar refractivity (Wildman–Crippen MR) is 89.0 cm³/mol. The Morgan fingerprint density at radius 1 is 1.19 bits per heavy atom. The molecule has 1 saturated heterocycles. The van der Waals surface area contributed by atoms with Crippen LogP contribution >= 0.6 is 0 Å². The second kappa shape index (κ2) is 9.16. The molecule has 0 bridgehead atoms. The van der Waals surface area contributed by atoms with Crippen molar-refractivity contribution in [3.05, 3.63) is 54.0 Å². The Morgan fingerprint density at radius 3 is 2.63 bits per heavy atom. The van der Waals surface area contributed by atoms with E-state index in [1.807, 2.05) is 0 Å². The first-order chi connectivity index (χ1) is 12.5. The van der Waals surface area contributed by atoms with E-state index in [0.717, 1.165) is 5.56 Å². The van der Waals surface area contributed by atoms with E-state index in [1.165, 1.54) is 16.0 Å². The van der Waals surface area contributed by atoms with Gasteiger partial charge in [0.15, 0.2) is 0 Å². The number of hydrogen-bond acceptors (Lipinski definition) is 6. The largest absolute Gasteiger partial charge is 1.00 e. The number of urea groups is 1. The van der Waals surface area contributed by atoms with Crippen molar-refractivity contribution in [1.82, 2.24) is 20.2 Å². The van der Waals surface area contributed by atoms with Crippen molar-refractivity contribution in [3.63, 3.8) is 0 Å². The fourth-order valence-electron chi connectivity index (χ4n) is 2.56. The third-order valence-electron chi connectivity index (χ3n) is 3.88. The predicted octanol–water partition coefficient (Wildman–Crippen LogP) is -3.60. The number of carboxylic acids is 1. The van der Waals surface area contributed by atoms with Gasteiger partial charge in [-0.25, -0.2) is 9.78 Å². The molecule has 0 aromatic carbocycles. The van der Waals surface area contributed by atoms with Crippen LogP contribution in [0.2, 0.25) is 0 Å². The van der Waals surface area contributed by atoms with E-state index < -0.39 is 18.5 Å². The molecule has 1 aliphatic heterocycles. The molecule has 9 nitrogen and oxygen atoms in total. The Labute approximate surface area is 167 Å². The summed E-state index contributed by atoms with van der Waals surface area (Å²) in [6.07, 6.45) is 4.63. The minimum Gasteiger partial charge on any atom is -0.548 e. The number of nitrogens with zero attached hydrogens (tertiary/aromatic N) is 4. The Hall–Kier alpha value is -2.89. The quantitative estimate of drug-likeness (QED) is 0.531. The number of rotatable bonds is 6. The molecule has 27 heavy (non-hydrogen) atoms. The minimum absolute atomic E-state index is 0.